The Morgan fingerprint density at radius 2 is 1.95 bits per heavy atom. The number of rotatable bonds is 4. The lowest BCUT2D eigenvalue weighted by molar-refractivity contribution is 0.343. The Labute approximate surface area is 128 Å². The van der Waals surface area contributed by atoms with Gasteiger partial charge in [-0.25, -0.2) is 4.79 Å². The number of nitrogens with one attached hydrogen (secondary N) is 2. The van der Waals surface area contributed by atoms with Crippen LogP contribution in [-0.4, -0.2) is 25.6 Å². The van der Waals surface area contributed by atoms with Gasteiger partial charge in [-0.3, -0.25) is 13.9 Å². The predicted molar refractivity (Wildman–Crippen MR) is 86.6 cm³/mol. The van der Waals surface area contributed by atoms with Crippen LogP contribution in [0.4, 0.5) is 5.95 Å². The minimum absolute atomic E-state index is 0.139. The summed E-state index contributed by atoms with van der Waals surface area (Å²) in [4.78, 5) is 32.7. The Bertz CT molecular complexity index is 780. The zero-order valence-corrected chi connectivity index (χ0v) is 13.2. The first-order chi connectivity index (χ1) is 10.7. The summed E-state index contributed by atoms with van der Waals surface area (Å²) < 4.78 is 3.03. The van der Waals surface area contributed by atoms with Crippen molar-refractivity contribution in [2.75, 3.05) is 11.9 Å². The lowest BCUT2D eigenvalue weighted by Gasteiger charge is -2.24. The van der Waals surface area contributed by atoms with E-state index in [4.69, 9.17) is 0 Å². The van der Waals surface area contributed by atoms with E-state index >= 15 is 0 Å². The third kappa shape index (κ3) is 2.34. The van der Waals surface area contributed by atoms with Crippen molar-refractivity contribution in [3.8, 4) is 0 Å². The molecule has 0 bridgehead atoms. The summed E-state index contributed by atoms with van der Waals surface area (Å²) in [6.45, 7) is 4.86. The molecule has 0 atom stereocenters. The van der Waals surface area contributed by atoms with Crippen LogP contribution in [0.25, 0.3) is 11.2 Å². The highest BCUT2D eigenvalue weighted by Crippen LogP contribution is 2.28. The van der Waals surface area contributed by atoms with E-state index in [-0.39, 0.29) is 17.3 Å². The third-order valence-corrected chi connectivity index (χ3v) is 4.41. The highest BCUT2D eigenvalue weighted by molar-refractivity contribution is 5.73. The van der Waals surface area contributed by atoms with E-state index < -0.39 is 0 Å². The van der Waals surface area contributed by atoms with E-state index in [9.17, 15) is 9.59 Å². The standard InChI is InChI=1S/C15H23N5O2/c1-3-16-14-17-11-12(18-14)20(10-8-6-5-7-9-10)15(22)19(4-2)13(11)21/h10H,3-9H2,1-2H3,(H2,16,17,18). The summed E-state index contributed by atoms with van der Waals surface area (Å²) in [7, 11) is 0. The molecule has 1 aliphatic carbocycles. The van der Waals surface area contributed by atoms with Crippen molar-refractivity contribution in [3.05, 3.63) is 20.8 Å². The van der Waals surface area contributed by atoms with Gasteiger partial charge in [0.1, 0.15) is 0 Å². The first-order valence-corrected chi connectivity index (χ1v) is 8.16. The molecule has 1 saturated carbocycles. The number of imidazole rings is 1. The van der Waals surface area contributed by atoms with E-state index in [2.05, 4.69) is 15.3 Å². The monoisotopic (exact) mass is 305 g/mol. The van der Waals surface area contributed by atoms with Crippen LogP contribution in [0.2, 0.25) is 0 Å². The average molecular weight is 305 g/mol. The number of anilines is 1. The van der Waals surface area contributed by atoms with Crippen LogP contribution in [0.5, 0.6) is 0 Å². The number of hydrogen-bond acceptors (Lipinski definition) is 4. The van der Waals surface area contributed by atoms with Gasteiger partial charge in [0.25, 0.3) is 5.56 Å². The normalized spacial score (nSPS) is 16.3. The Balaban J connectivity index is 2.27. The summed E-state index contributed by atoms with van der Waals surface area (Å²) in [5.41, 5.74) is 0.387. The SMILES string of the molecule is CCNc1nc2c([nH]1)c(=O)n(CC)c(=O)n2C1CCCCC1. The number of nitrogens with zero attached hydrogens (tertiary/aromatic N) is 3. The van der Waals surface area contributed by atoms with Crippen molar-refractivity contribution >= 4 is 17.1 Å². The van der Waals surface area contributed by atoms with Crippen molar-refractivity contribution < 1.29 is 0 Å². The molecule has 2 N–H and O–H groups in total. The Hall–Kier alpha value is -2.05. The van der Waals surface area contributed by atoms with E-state index in [0.717, 1.165) is 25.7 Å². The summed E-state index contributed by atoms with van der Waals surface area (Å²) in [6.07, 6.45) is 5.40. The Morgan fingerprint density at radius 3 is 2.59 bits per heavy atom. The number of hydrogen-bond donors (Lipinski definition) is 2. The predicted octanol–water partition coefficient (Wildman–Crippen LogP) is 1.84. The minimum atomic E-state index is -0.286. The second kappa shape index (κ2) is 5.98. The van der Waals surface area contributed by atoms with E-state index in [0.29, 0.717) is 30.2 Å². The molecule has 3 rings (SSSR count). The van der Waals surface area contributed by atoms with Gasteiger partial charge in [0.05, 0.1) is 0 Å². The van der Waals surface area contributed by atoms with Gasteiger partial charge in [-0.2, -0.15) is 4.98 Å². The van der Waals surface area contributed by atoms with Crippen LogP contribution in [0.15, 0.2) is 9.59 Å². The number of fused-ring (bicyclic) bond motifs is 1. The maximum absolute atomic E-state index is 12.8. The van der Waals surface area contributed by atoms with Crippen LogP contribution in [0, 0.1) is 0 Å². The highest BCUT2D eigenvalue weighted by atomic mass is 16.2. The summed E-state index contributed by atoms with van der Waals surface area (Å²) >= 11 is 0. The molecule has 1 aliphatic rings. The van der Waals surface area contributed by atoms with Crippen molar-refractivity contribution in [1.29, 1.82) is 0 Å². The second-order valence-electron chi connectivity index (χ2n) is 5.81. The fourth-order valence-corrected chi connectivity index (χ4v) is 3.33. The lowest BCUT2D eigenvalue weighted by Crippen LogP contribution is -2.41. The van der Waals surface area contributed by atoms with Gasteiger partial charge in [-0.1, -0.05) is 19.3 Å². The van der Waals surface area contributed by atoms with Crippen LogP contribution in [0.3, 0.4) is 0 Å². The zero-order valence-electron chi connectivity index (χ0n) is 13.2. The smallest absolute Gasteiger partial charge is 0.332 e. The van der Waals surface area contributed by atoms with Crippen molar-refractivity contribution in [3.63, 3.8) is 0 Å². The van der Waals surface area contributed by atoms with Crippen molar-refractivity contribution in [2.45, 2.75) is 58.5 Å². The number of aromatic amines is 1. The molecule has 2 heterocycles. The highest BCUT2D eigenvalue weighted by Gasteiger charge is 2.23. The largest absolute Gasteiger partial charge is 0.356 e. The van der Waals surface area contributed by atoms with Crippen LogP contribution in [0.1, 0.15) is 52.0 Å². The van der Waals surface area contributed by atoms with Gasteiger partial charge in [-0.05, 0) is 26.7 Å². The molecule has 2 aromatic rings. The molecular formula is C15H23N5O2. The van der Waals surface area contributed by atoms with Crippen molar-refractivity contribution in [2.24, 2.45) is 0 Å². The van der Waals surface area contributed by atoms with Gasteiger partial charge < -0.3 is 10.3 Å². The molecule has 0 unspecified atom stereocenters. The molecule has 22 heavy (non-hydrogen) atoms. The fourth-order valence-electron chi connectivity index (χ4n) is 3.33. The van der Waals surface area contributed by atoms with Crippen LogP contribution in [-0.2, 0) is 6.54 Å². The lowest BCUT2D eigenvalue weighted by atomic mass is 9.95. The van der Waals surface area contributed by atoms with Gasteiger partial charge in [0.2, 0.25) is 5.95 Å². The molecular weight excluding hydrogens is 282 g/mol. The molecule has 0 spiro atoms. The van der Waals surface area contributed by atoms with Gasteiger partial charge in [-0.15, -0.1) is 0 Å². The maximum atomic E-state index is 12.8. The Morgan fingerprint density at radius 1 is 1.23 bits per heavy atom. The first-order valence-electron chi connectivity index (χ1n) is 8.16. The molecule has 0 amide bonds. The average Bonchev–Trinajstić information content (AvgIpc) is 2.93. The van der Waals surface area contributed by atoms with E-state index in [1.165, 1.54) is 11.0 Å². The van der Waals surface area contributed by atoms with Gasteiger partial charge in [0, 0.05) is 19.1 Å². The Kier molecular flexibility index (Phi) is 4.04. The molecule has 120 valence electrons. The van der Waals surface area contributed by atoms with Crippen LogP contribution >= 0.6 is 0 Å². The minimum Gasteiger partial charge on any atom is -0.356 e. The van der Waals surface area contributed by atoms with Gasteiger partial charge in [0.15, 0.2) is 11.2 Å². The summed E-state index contributed by atoms with van der Waals surface area (Å²) in [5.74, 6) is 0.549. The third-order valence-electron chi connectivity index (χ3n) is 4.41. The van der Waals surface area contributed by atoms with Crippen molar-refractivity contribution in [1.82, 2.24) is 19.1 Å². The number of H-pyrrole nitrogens is 1. The number of aromatic nitrogens is 4. The topological polar surface area (TPSA) is 84.7 Å². The molecule has 0 aliphatic heterocycles. The zero-order chi connectivity index (χ0) is 15.7. The maximum Gasteiger partial charge on any atom is 0.332 e. The second-order valence-corrected chi connectivity index (χ2v) is 5.81. The molecule has 0 aromatic carbocycles. The van der Waals surface area contributed by atoms with Gasteiger partial charge >= 0.3 is 5.69 Å². The molecule has 0 saturated heterocycles. The molecule has 2 aromatic heterocycles. The van der Waals surface area contributed by atoms with E-state index in [1.807, 2.05) is 13.8 Å². The summed E-state index contributed by atoms with van der Waals surface area (Å²) in [5, 5.41) is 3.08. The molecule has 1 fully saturated rings. The molecule has 0 radical (unpaired) electrons. The molecule has 7 heteroatoms. The summed E-state index contributed by atoms with van der Waals surface area (Å²) in [6, 6.07) is 0.139. The quantitative estimate of drug-likeness (QED) is 0.902. The molecule has 7 nitrogen and oxygen atoms in total. The van der Waals surface area contributed by atoms with E-state index in [1.54, 1.807) is 4.57 Å². The van der Waals surface area contributed by atoms with Crippen LogP contribution < -0.4 is 16.6 Å². The fraction of sp³-hybridized carbons (Fsp3) is 0.667. The first kappa shape index (κ1) is 14.9.